The van der Waals surface area contributed by atoms with E-state index in [1.165, 1.54) is 6.07 Å². The third-order valence-corrected chi connectivity index (χ3v) is 2.27. The van der Waals surface area contributed by atoms with Crippen LogP contribution in [0.4, 0.5) is 13.2 Å². The fraction of sp³-hybridized carbons (Fsp3) is 0.222. The molecule has 0 fully saturated rings. The van der Waals surface area contributed by atoms with Gasteiger partial charge in [-0.15, -0.1) is 13.2 Å². The van der Waals surface area contributed by atoms with Crippen molar-refractivity contribution < 1.29 is 27.4 Å². The molecule has 0 bridgehead atoms. The van der Waals surface area contributed by atoms with Gasteiger partial charge in [-0.1, -0.05) is 0 Å². The second-order valence-electron chi connectivity index (χ2n) is 2.68. The zero-order chi connectivity index (χ0) is 12.3. The molecule has 1 aromatic carbocycles. The standard InChI is InChI=1S/C9H6BrF3O3/c1-15-8(14)6-4-5(2-3-7(6)10)16-9(11,12)13/h2-4H,1H3. The van der Waals surface area contributed by atoms with Crippen LogP contribution in [0.5, 0.6) is 5.75 Å². The molecule has 0 amide bonds. The third kappa shape index (κ3) is 3.41. The van der Waals surface area contributed by atoms with E-state index in [0.717, 1.165) is 19.2 Å². The summed E-state index contributed by atoms with van der Waals surface area (Å²) in [6, 6.07) is 3.31. The predicted octanol–water partition coefficient (Wildman–Crippen LogP) is 3.13. The van der Waals surface area contributed by atoms with Gasteiger partial charge in [0.15, 0.2) is 0 Å². The van der Waals surface area contributed by atoms with Gasteiger partial charge >= 0.3 is 12.3 Å². The monoisotopic (exact) mass is 298 g/mol. The van der Waals surface area contributed by atoms with Crippen LogP contribution in [-0.4, -0.2) is 19.4 Å². The highest BCUT2D eigenvalue weighted by Gasteiger charge is 2.31. The Morgan fingerprint density at radius 3 is 2.50 bits per heavy atom. The largest absolute Gasteiger partial charge is 0.573 e. The zero-order valence-electron chi connectivity index (χ0n) is 7.97. The molecular formula is C9H6BrF3O3. The topological polar surface area (TPSA) is 35.5 Å². The lowest BCUT2D eigenvalue weighted by Crippen LogP contribution is -2.17. The summed E-state index contributed by atoms with van der Waals surface area (Å²) >= 11 is 3.01. The SMILES string of the molecule is COC(=O)c1cc(OC(F)(F)F)ccc1Br. The van der Waals surface area contributed by atoms with Crippen molar-refractivity contribution in [3.63, 3.8) is 0 Å². The fourth-order valence-corrected chi connectivity index (χ4v) is 1.38. The molecule has 88 valence electrons. The first-order valence-corrected chi connectivity index (χ1v) is 4.76. The molecule has 0 spiro atoms. The van der Waals surface area contributed by atoms with E-state index >= 15 is 0 Å². The maximum absolute atomic E-state index is 11.9. The smallest absolute Gasteiger partial charge is 0.465 e. The number of ether oxygens (including phenoxy) is 2. The van der Waals surface area contributed by atoms with E-state index in [2.05, 4.69) is 25.4 Å². The van der Waals surface area contributed by atoms with Crippen LogP contribution in [0.25, 0.3) is 0 Å². The molecule has 3 nitrogen and oxygen atoms in total. The van der Waals surface area contributed by atoms with Crippen LogP contribution in [0.1, 0.15) is 10.4 Å². The van der Waals surface area contributed by atoms with Crippen molar-refractivity contribution in [3.8, 4) is 5.75 Å². The van der Waals surface area contributed by atoms with Crippen LogP contribution >= 0.6 is 15.9 Å². The normalized spacial score (nSPS) is 11.1. The molecule has 1 rings (SSSR count). The van der Waals surface area contributed by atoms with E-state index in [4.69, 9.17) is 0 Å². The number of alkyl halides is 3. The van der Waals surface area contributed by atoms with Crippen LogP contribution in [0, 0.1) is 0 Å². The minimum atomic E-state index is -4.79. The first kappa shape index (κ1) is 12.8. The Hall–Kier alpha value is -1.24. The summed E-state index contributed by atoms with van der Waals surface area (Å²) < 4.78 is 44.1. The Kier molecular flexibility index (Phi) is 3.79. The minimum Gasteiger partial charge on any atom is -0.465 e. The molecule has 0 saturated heterocycles. The van der Waals surface area contributed by atoms with E-state index in [9.17, 15) is 18.0 Å². The van der Waals surface area contributed by atoms with E-state index < -0.39 is 18.1 Å². The van der Waals surface area contributed by atoms with Gasteiger partial charge in [0.25, 0.3) is 0 Å². The Bertz CT molecular complexity index is 403. The molecule has 1 aromatic rings. The molecule has 16 heavy (non-hydrogen) atoms. The van der Waals surface area contributed by atoms with Gasteiger partial charge in [-0.05, 0) is 34.1 Å². The van der Waals surface area contributed by atoms with E-state index in [1.54, 1.807) is 0 Å². The van der Waals surface area contributed by atoms with Crippen LogP contribution in [0.3, 0.4) is 0 Å². The first-order chi connectivity index (χ1) is 7.33. The summed E-state index contributed by atoms with van der Waals surface area (Å²) in [5, 5.41) is 0. The number of carbonyl (C=O) groups excluding carboxylic acids is 1. The van der Waals surface area contributed by atoms with Crippen molar-refractivity contribution in [2.75, 3.05) is 7.11 Å². The highest BCUT2D eigenvalue weighted by molar-refractivity contribution is 9.10. The number of rotatable bonds is 2. The third-order valence-electron chi connectivity index (χ3n) is 1.58. The Balaban J connectivity index is 3.03. The number of hydrogen-bond acceptors (Lipinski definition) is 3. The van der Waals surface area contributed by atoms with Gasteiger partial charge in [0, 0.05) is 4.47 Å². The molecule has 7 heteroatoms. The highest BCUT2D eigenvalue weighted by atomic mass is 79.9. The molecule has 0 radical (unpaired) electrons. The van der Waals surface area contributed by atoms with Gasteiger partial charge in [-0.2, -0.15) is 0 Å². The van der Waals surface area contributed by atoms with Gasteiger partial charge in [-0.3, -0.25) is 0 Å². The van der Waals surface area contributed by atoms with Gasteiger partial charge < -0.3 is 9.47 Å². The average Bonchev–Trinajstić information content (AvgIpc) is 2.18. The molecule has 0 saturated carbocycles. The lowest BCUT2D eigenvalue weighted by Gasteiger charge is -2.10. The molecule has 0 aliphatic heterocycles. The number of hydrogen-bond donors (Lipinski definition) is 0. The number of halogens is 4. The lowest BCUT2D eigenvalue weighted by atomic mass is 10.2. The number of methoxy groups -OCH3 is 1. The molecule has 0 atom stereocenters. The molecular weight excluding hydrogens is 293 g/mol. The summed E-state index contributed by atoms with van der Waals surface area (Å²) in [4.78, 5) is 11.2. The van der Waals surface area contributed by atoms with Crippen LogP contribution < -0.4 is 4.74 Å². The van der Waals surface area contributed by atoms with Crippen molar-refractivity contribution in [1.82, 2.24) is 0 Å². The highest BCUT2D eigenvalue weighted by Crippen LogP contribution is 2.27. The number of carbonyl (C=O) groups is 1. The molecule has 0 N–H and O–H groups in total. The van der Waals surface area contributed by atoms with Crippen molar-refractivity contribution in [2.45, 2.75) is 6.36 Å². The predicted molar refractivity (Wildman–Crippen MR) is 52.2 cm³/mol. The Morgan fingerprint density at radius 2 is 2.00 bits per heavy atom. The fourth-order valence-electron chi connectivity index (χ4n) is 0.968. The summed E-state index contributed by atoms with van der Waals surface area (Å²) in [5.41, 5.74) is -0.0377. The molecule has 0 aromatic heterocycles. The van der Waals surface area contributed by atoms with Crippen molar-refractivity contribution in [3.05, 3.63) is 28.2 Å². The maximum atomic E-state index is 11.9. The number of benzene rings is 1. The van der Waals surface area contributed by atoms with E-state index in [0.29, 0.717) is 4.47 Å². The summed E-state index contributed by atoms with van der Waals surface area (Å²) in [7, 11) is 1.13. The zero-order valence-corrected chi connectivity index (χ0v) is 9.55. The van der Waals surface area contributed by atoms with Crippen molar-refractivity contribution in [1.29, 1.82) is 0 Å². The van der Waals surface area contributed by atoms with Crippen molar-refractivity contribution >= 4 is 21.9 Å². The summed E-state index contributed by atoms with van der Waals surface area (Å²) in [5.74, 6) is -1.23. The van der Waals surface area contributed by atoms with Gasteiger partial charge in [-0.25, -0.2) is 4.79 Å². The summed E-state index contributed by atoms with van der Waals surface area (Å²) in [6.07, 6.45) is -4.79. The maximum Gasteiger partial charge on any atom is 0.573 e. The molecule has 0 heterocycles. The molecule has 0 aliphatic rings. The second-order valence-corrected chi connectivity index (χ2v) is 3.54. The average molecular weight is 299 g/mol. The molecule has 0 unspecified atom stereocenters. The second kappa shape index (κ2) is 4.73. The van der Waals surface area contributed by atoms with Crippen LogP contribution in [0.2, 0.25) is 0 Å². The van der Waals surface area contributed by atoms with Crippen LogP contribution in [-0.2, 0) is 4.74 Å². The van der Waals surface area contributed by atoms with Gasteiger partial charge in [0.2, 0.25) is 0 Å². The van der Waals surface area contributed by atoms with E-state index in [-0.39, 0.29) is 5.56 Å². The van der Waals surface area contributed by atoms with Crippen molar-refractivity contribution in [2.24, 2.45) is 0 Å². The minimum absolute atomic E-state index is 0.0377. The first-order valence-electron chi connectivity index (χ1n) is 3.97. The van der Waals surface area contributed by atoms with Gasteiger partial charge in [0.1, 0.15) is 5.75 Å². The Morgan fingerprint density at radius 1 is 1.38 bits per heavy atom. The lowest BCUT2D eigenvalue weighted by molar-refractivity contribution is -0.274. The summed E-state index contributed by atoms with van der Waals surface area (Å²) in [6.45, 7) is 0. The Labute approximate surface area is 97.3 Å². The quantitative estimate of drug-likeness (QED) is 0.787. The number of esters is 1. The van der Waals surface area contributed by atoms with Crippen LogP contribution in [0.15, 0.2) is 22.7 Å². The van der Waals surface area contributed by atoms with E-state index in [1.807, 2.05) is 0 Å². The molecule has 0 aliphatic carbocycles. The van der Waals surface area contributed by atoms with Gasteiger partial charge in [0.05, 0.1) is 12.7 Å².